The fourth-order valence-electron chi connectivity index (χ4n) is 4.08. The summed E-state index contributed by atoms with van der Waals surface area (Å²) in [7, 11) is 0. The molecule has 7 nitrogen and oxygen atoms in total. The maximum atomic E-state index is 13.0. The largest absolute Gasteiger partial charge is 0.353 e. The summed E-state index contributed by atoms with van der Waals surface area (Å²) >= 11 is 0. The van der Waals surface area contributed by atoms with Gasteiger partial charge in [0.2, 0.25) is 11.8 Å². The summed E-state index contributed by atoms with van der Waals surface area (Å²) in [4.78, 5) is 41.2. The normalized spacial score (nSPS) is 22.6. The Morgan fingerprint density at radius 3 is 2.57 bits per heavy atom. The number of hydrogen-bond acceptors (Lipinski definition) is 3. The maximum Gasteiger partial charge on any atom is 0.320 e. The molecule has 0 aromatic heterocycles. The molecule has 8 heteroatoms. The third kappa shape index (κ3) is 3.55. The SMILES string of the molecule is O=C1N(CCNC(=O)C2(C(=O)Nc3ccc(F)cc3)CC2)CC2CCCCN12. The smallest absolute Gasteiger partial charge is 0.320 e. The van der Waals surface area contributed by atoms with Gasteiger partial charge < -0.3 is 20.4 Å². The van der Waals surface area contributed by atoms with Crippen LogP contribution in [0.3, 0.4) is 0 Å². The van der Waals surface area contributed by atoms with Gasteiger partial charge in [-0.05, 0) is 56.4 Å². The molecule has 1 aliphatic carbocycles. The molecule has 1 saturated carbocycles. The van der Waals surface area contributed by atoms with Crippen molar-refractivity contribution in [3.05, 3.63) is 30.1 Å². The van der Waals surface area contributed by atoms with E-state index < -0.39 is 5.41 Å². The number of halogens is 1. The van der Waals surface area contributed by atoms with Crippen LogP contribution in [0.5, 0.6) is 0 Å². The topological polar surface area (TPSA) is 81.8 Å². The zero-order valence-electron chi connectivity index (χ0n) is 15.7. The number of fused-ring (bicyclic) bond motifs is 1. The van der Waals surface area contributed by atoms with Crippen molar-refractivity contribution in [2.24, 2.45) is 5.41 Å². The summed E-state index contributed by atoms with van der Waals surface area (Å²) in [5.74, 6) is -1.06. The molecular weight excluding hydrogens is 363 g/mol. The maximum absolute atomic E-state index is 13.0. The third-order valence-corrected chi connectivity index (χ3v) is 5.96. The second-order valence-electron chi connectivity index (χ2n) is 7.87. The van der Waals surface area contributed by atoms with Gasteiger partial charge in [-0.2, -0.15) is 0 Å². The lowest BCUT2D eigenvalue weighted by atomic mass is 10.0. The van der Waals surface area contributed by atoms with Crippen LogP contribution in [0.2, 0.25) is 0 Å². The van der Waals surface area contributed by atoms with Gasteiger partial charge >= 0.3 is 6.03 Å². The number of urea groups is 1. The van der Waals surface area contributed by atoms with E-state index in [2.05, 4.69) is 10.6 Å². The van der Waals surface area contributed by atoms with Gasteiger partial charge in [0.25, 0.3) is 0 Å². The Bertz CT molecular complexity index is 778. The molecule has 1 aromatic rings. The van der Waals surface area contributed by atoms with Crippen molar-refractivity contribution in [1.82, 2.24) is 15.1 Å². The minimum atomic E-state index is -1.05. The summed E-state index contributed by atoms with van der Waals surface area (Å²) in [6.07, 6.45) is 4.24. The highest BCUT2D eigenvalue weighted by molar-refractivity contribution is 6.13. The van der Waals surface area contributed by atoms with Gasteiger partial charge in [0.05, 0.1) is 6.04 Å². The average molecular weight is 388 g/mol. The van der Waals surface area contributed by atoms with Crippen molar-refractivity contribution in [2.75, 3.05) is 31.5 Å². The van der Waals surface area contributed by atoms with Gasteiger partial charge in [0, 0.05) is 31.9 Å². The second-order valence-corrected chi connectivity index (χ2v) is 7.87. The zero-order valence-corrected chi connectivity index (χ0v) is 15.7. The molecule has 0 bridgehead atoms. The van der Waals surface area contributed by atoms with E-state index in [1.807, 2.05) is 4.90 Å². The van der Waals surface area contributed by atoms with Crippen molar-refractivity contribution in [3.63, 3.8) is 0 Å². The Kier molecular flexibility index (Phi) is 4.95. The number of rotatable bonds is 6. The highest BCUT2D eigenvalue weighted by Crippen LogP contribution is 2.46. The summed E-state index contributed by atoms with van der Waals surface area (Å²) < 4.78 is 13.0. The van der Waals surface area contributed by atoms with Gasteiger partial charge in [-0.1, -0.05) is 0 Å². The average Bonchev–Trinajstić information content (AvgIpc) is 3.45. The van der Waals surface area contributed by atoms with Crippen LogP contribution in [0.4, 0.5) is 14.9 Å². The van der Waals surface area contributed by atoms with Crippen LogP contribution < -0.4 is 10.6 Å². The third-order valence-electron chi connectivity index (χ3n) is 5.96. The Balaban J connectivity index is 1.27. The molecule has 150 valence electrons. The molecule has 2 heterocycles. The molecule has 1 aromatic carbocycles. The highest BCUT2D eigenvalue weighted by Gasteiger charge is 2.56. The van der Waals surface area contributed by atoms with Gasteiger partial charge in [-0.3, -0.25) is 9.59 Å². The summed E-state index contributed by atoms with van der Waals surface area (Å²) in [6.45, 7) is 2.31. The molecule has 4 rings (SSSR count). The molecule has 3 aliphatic rings. The number of amides is 4. The zero-order chi connectivity index (χ0) is 19.7. The van der Waals surface area contributed by atoms with Gasteiger partial charge in [0.1, 0.15) is 11.2 Å². The molecule has 2 aliphatic heterocycles. The first-order valence-corrected chi connectivity index (χ1v) is 9.90. The Morgan fingerprint density at radius 1 is 1.14 bits per heavy atom. The standard InChI is InChI=1S/C20H25FN4O3/c21-14-4-6-15(7-5-14)23-18(27)20(8-9-20)17(26)22-10-12-24-13-16-3-1-2-11-25(16)19(24)28/h4-7,16H,1-3,8-13H2,(H,22,26)(H,23,27). The lowest BCUT2D eigenvalue weighted by molar-refractivity contribution is -0.134. The van der Waals surface area contributed by atoms with E-state index in [4.69, 9.17) is 0 Å². The van der Waals surface area contributed by atoms with E-state index in [9.17, 15) is 18.8 Å². The molecular formula is C20H25FN4O3. The predicted molar refractivity (Wildman–Crippen MR) is 101 cm³/mol. The molecule has 0 radical (unpaired) electrons. The summed E-state index contributed by atoms with van der Waals surface area (Å²) in [5.41, 5.74) is -0.592. The van der Waals surface area contributed by atoms with Crippen molar-refractivity contribution in [1.29, 1.82) is 0 Å². The fraction of sp³-hybridized carbons (Fsp3) is 0.550. The van der Waals surface area contributed by atoms with Gasteiger partial charge in [0.15, 0.2) is 0 Å². The van der Waals surface area contributed by atoms with Crippen LogP contribution in [0.15, 0.2) is 24.3 Å². The quantitative estimate of drug-likeness (QED) is 0.731. The Hall–Kier alpha value is -2.64. The monoisotopic (exact) mass is 388 g/mol. The first-order valence-electron chi connectivity index (χ1n) is 9.90. The first kappa shape index (κ1) is 18.7. The Labute approximate surface area is 163 Å². The van der Waals surface area contributed by atoms with E-state index >= 15 is 0 Å². The van der Waals surface area contributed by atoms with E-state index in [0.29, 0.717) is 44.2 Å². The number of hydrogen-bond donors (Lipinski definition) is 2. The van der Waals surface area contributed by atoms with Crippen LogP contribution in [0.25, 0.3) is 0 Å². The first-order chi connectivity index (χ1) is 13.5. The summed E-state index contributed by atoms with van der Waals surface area (Å²) in [6, 6.07) is 5.80. The predicted octanol–water partition coefficient (Wildman–Crippen LogP) is 1.95. The molecule has 2 saturated heterocycles. The lowest BCUT2D eigenvalue weighted by Crippen LogP contribution is -2.43. The molecule has 1 atom stereocenters. The van der Waals surface area contributed by atoms with Crippen molar-refractivity contribution in [2.45, 2.75) is 38.1 Å². The van der Waals surface area contributed by atoms with Gasteiger partial charge in [-0.15, -0.1) is 0 Å². The second kappa shape index (κ2) is 7.41. The van der Waals surface area contributed by atoms with E-state index in [1.165, 1.54) is 24.3 Å². The molecule has 1 unspecified atom stereocenters. The number of anilines is 1. The van der Waals surface area contributed by atoms with Crippen molar-refractivity contribution >= 4 is 23.5 Å². The number of piperidine rings is 1. The Morgan fingerprint density at radius 2 is 1.89 bits per heavy atom. The lowest BCUT2D eigenvalue weighted by Gasteiger charge is -2.27. The molecule has 3 fully saturated rings. The minimum Gasteiger partial charge on any atom is -0.353 e. The van der Waals surface area contributed by atoms with Crippen LogP contribution in [0, 0.1) is 11.2 Å². The van der Waals surface area contributed by atoms with Gasteiger partial charge in [-0.25, -0.2) is 9.18 Å². The molecule has 2 N–H and O–H groups in total. The van der Waals surface area contributed by atoms with Crippen molar-refractivity contribution < 1.29 is 18.8 Å². The highest BCUT2D eigenvalue weighted by atomic mass is 19.1. The minimum absolute atomic E-state index is 0.0501. The molecule has 0 spiro atoms. The number of benzene rings is 1. The van der Waals surface area contributed by atoms with E-state index in [-0.39, 0.29) is 23.7 Å². The summed E-state index contributed by atoms with van der Waals surface area (Å²) in [5, 5.41) is 5.51. The van der Waals surface area contributed by atoms with Crippen LogP contribution >= 0.6 is 0 Å². The fourth-order valence-corrected chi connectivity index (χ4v) is 4.08. The van der Waals surface area contributed by atoms with E-state index in [0.717, 1.165) is 25.8 Å². The van der Waals surface area contributed by atoms with Crippen LogP contribution in [0.1, 0.15) is 32.1 Å². The number of nitrogens with one attached hydrogen (secondary N) is 2. The molecule has 28 heavy (non-hydrogen) atoms. The number of carbonyl (C=O) groups excluding carboxylic acids is 3. The van der Waals surface area contributed by atoms with E-state index in [1.54, 1.807) is 4.90 Å². The molecule has 4 amide bonds. The number of carbonyl (C=O) groups is 3. The van der Waals surface area contributed by atoms with Crippen LogP contribution in [-0.2, 0) is 9.59 Å². The number of nitrogens with zero attached hydrogens (tertiary/aromatic N) is 2. The van der Waals surface area contributed by atoms with Crippen LogP contribution in [-0.4, -0.2) is 59.9 Å². The van der Waals surface area contributed by atoms with Crippen molar-refractivity contribution in [3.8, 4) is 0 Å².